The molecule has 2 heterocycles. The minimum absolute atomic E-state index is 0.125. The van der Waals surface area contributed by atoms with E-state index in [1.165, 1.54) is 19.2 Å². The fourth-order valence-electron chi connectivity index (χ4n) is 3.11. The van der Waals surface area contributed by atoms with E-state index in [1.807, 2.05) is 32.9 Å². The molecule has 30 heavy (non-hydrogen) atoms. The second-order valence-corrected chi connectivity index (χ2v) is 8.14. The molecule has 3 rings (SSSR count). The predicted molar refractivity (Wildman–Crippen MR) is 110 cm³/mol. The lowest BCUT2D eigenvalue weighted by Crippen LogP contribution is -2.40. The zero-order valence-electron chi connectivity index (χ0n) is 17.6. The van der Waals surface area contributed by atoms with E-state index in [-0.39, 0.29) is 18.1 Å². The molecule has 1 aliphatic rings. The quantitative estimate of drug-likeness (QED) is 0.761. The van der Waals surface area contributed by atoms with E-state index in [0.717, 1.165) is 11.3 Å². The first kappa shape index (κ1) is 21.5. The third kappa shape index (κ3) is 5.46. The Hall–Kier alpha value is -3.16. The van der Waals surface area contributed by atoms with Crippen LogP contribution in [0.1, 0.15) is 37.6 Å². The van der Waals surface area contributed by atoms with E-state index in [2.05, 4.69) is 15.0 Å². The largest absolute Gasteiger partial charge is 0.469 e. The molecule has 0 spiro atoms. The first-order chi connectivity index (χ1) is 14.1. The fraction of sp³-hybridized carbons (Fsp3) is 0.409. The van der Waals surface area contributed by atoms with Gasteiger partial charge in [-0.05, 0) is 56.5 Å². The number of amides is 1. The molecule has 7 nitrogen and oxygen atoms in total. The van der Waals surface area contributed by atoms with Crippen molar-refractivity contribution in [3.63, 3.8) is 0 Å². The summed E-state index contributed by atoms with van der Waals surface area (Å²) in [7, 11) is 1.27. The first-order valence-corrected chi connectivity index (χ1v) is 9.73. The molecule has 1 aliphatic heterocycles. The number of pyridine rings is 1. The molecule has 8 heteroatoms. The standard InChI is InChI=1S/C22H26FN3O4/c1-22(2,3)30-21(28)26-10-9-14-6-8-19(25-18(14)13-26)24-16-7-5-15(17(23)12-16)11-20(27)29-4/h5-8,12H,9-11,13H2,1-4H3,(H,24,25). The Bertz CT molecular complexity index is 956. The van der Waals surface area contributed by atoms with Crippen LogP contribution in [0.15, 0.2) is 30.3 Å². The molecule has 1 amide bonds. The normalized spacial score (nSPS) is 13.4. The molecule has 2 aromatic rings. The summed E-state index contributed by atoms with van der Waals surface area (Å²) in [6, 6.07) is 8.31. The van der Waals surface area contributed by atoms with E-state index >= 15 is 0 Å². The Morgan fingerprint density at radius 3 is 2.67 bits per heavy atom. The molecule has 160 valence electrons. The van der Waals surface area contributed by atoms with Gasteiger partial charge in [0.25, 0.3) is 0 Å². The zero-order chi connectivity index (χ0) is 21.9. The number of hydrogen-bond donors (Lipinski definition) is 1. The van der Waals surface area contributed by atoms with E-state index in [9.17, 15) is 14.0 Å². The van der Waals surface area contributed by atoms with Gasteiger partial charge in [-0.25, -0.2) is 14.2 Å². The molecule has 1 aromatic carbocycles. The fourth-order valence-corrected chi connectivity index (χ4v) is 3.11. The van der Waals surface area contributed by atoms with Gasteiger partial charge in [0, 0.05) is 12.2 Å². The van der Waals surface area contributed by atoms with Gasteiger partial charge in [0.15, 0.2) is 0 Å². The molecule has 0 atom stereocenters. The Balaban J connectivity index is 1.71. The van der Waals surface area contributed by atoms with Crippen LogP contribution in [0, 0.1) is 5.82 Å². The van der Waals surface area contributed by atoms with Crippen molar-refractivity contribution in [3.8, 4) is 0 Å². The molecule has 0 bridgehead atoms. The summed E-state index contributed by atoms with van der Waals surface area (Å²) in [4.78, 5) is 29.9. The monoisotopic (exact) mass is 415 g/mol. The van der Waals surface area contributed by atoms with Crippen LogP contribution >= 0.6 is 0 Å². The van der Waals surface area contributed by atoms with E-state index in [0.29, 0.717) is 31.0 Å². The average molecular weight is 415 g/mol. The van der Waals surface area contributed by atoms with Crippen molar-refractivity contribution in [1.29, 1.82) is 0 Å². The number of nitrogens with zero attached hydrogens (tertiary/aromatic N) is 2. The molecule has 0 fully saturated rings. The highest BCUT2D eigenvalue weighted by atomic mass is 19.1. The number of carbonyl (C=O) groups is 2. The number of fused-ring (bicyclic) bond motifs is 1. The summed E-state index contributed by atoms with van der Waals surface area (Å²) >= 11 is 0. The summed E-state index contributed by atoms with van der Waals surface area (Å²) in [5, 5.41) is 3.07. The maximum atomic E-state index is 14.3. The molecule has 0 saturated heterocycles. The molecule has 0 aliphatic carbocycles. The molecule has 0 radical (unpaired) electrons. The molecule has 1 N–H and O–H groups in total. The van der Waals surface area contributed by atoms with Crippen LogP contribution < -0.4 is 5.32 Å². The number of nitrogens with one attached hydrogen (secondary N) is 1. The number of carbonyl (C=O) groups excluding carboxylic acids is 2. The van der Waals surface area contributed by atoms with Crippen LogP contribution in [0.2, 0.25) is 0 Å². The van der Waals surface area contributed by atoms with Gasteiger partial charge in [-0.2, -0.15) is 0 Å². The summed E-state index contributed by atoms with van der Waals surface area (Å²) in [5.74, 6) is -0.458. The number of rotatable bonds is 4. The van der Waals surface area contributed by atoms with Crippen LogP contribution in [0.5, 0.6) is 0 Å². The van der Waals surface area contributed by atoms with Crippen LogP contribution in [-0.2, 0) is 33.7 Å². The first-order valence-electron chi connectivity index (χ1n) is 9.73. The van der Waals surface area contributed by atoms with E-state index < -0.39 is 17.4 Å². The van der Waals surface area contributed by atoms with Crippen molar-refractivity contribution in [1.82, 2.24) is 9.88 Å². The van der Waals surface area contributed by atoms with Gasteiger partial charge in [-0.1, -0.05) is 12.1 Å². The third-order valence-corrected chi connectivity index (χ3v) is 4.60. The van der Waals surface area contributed by atoms with Crippen LogP contribution in [0.3, 0.4) is 0 Å². The molecular formula is C22H26FN3O4. The van der Waals surface area contributed by atoms with Gasteiger partial charge >= 0.3 is 12.1 Å². The van der Waals surface area contributed by atoms with E-state index in [4.69, 9.17) is 4.74 Å². The number of benzene rings is 1. The Morgan fingerprint density at radius 1 is 1.23 bits per heavy atom. The minimum Gasteiger partial charge on any atom is -0.469 e. The predicted octanol–water partition coefficient (Wildman–Crippen LogP) is 3.97. The lowest BCUT2D eigenvalue weighted by Gasteiger charge is -2.30. The summed E-state index contributed by atoms with van der Waals surface area (Å²) in [5.41, 5.74) is 2.06. The van der Waals surface area contributed by atoms with Gasteiger partial charge in [0.2, 0.25) is 0 Å². The Morgan fingerprint density at radius 2 is 2.00 bits per heavy atom. The van der Waals surface area contributed by atoms with Crippen molar-refractivity contribution < 1.29 is 23.5 Å². The topological polar surface area (TPSA) is 80.8 Å². The SMILES string of the molecule is COC(=O)Cc1ccc(Nc2ccc3c(n2)CN(C(=O)OC(C)(C)C)CC3)cc1F. The highest BCUT2D eigenvalue weighted by molar-refractivity contribution is 5.73. The highest BCUT2D eigenvalue weighted by Crippen LogP contribution is 2.24. The number of anilines is 2. The van der Waals surface area contributed by atoms with Crippen molar-refractivity contribution in [2.24, 2.45) is 0 Å². The number of aromatic nitrogens is 1. The highest BCUT2D eigenvalue weighted by Gasteiger charge is 2.26. The second-order valence-electron chi connectivity index (χ2n) is 8.14. The maximum Gasteiger partial charge on any atom is 0.410 e. The maximum absolute atomic E-state index is 14.3. The molecule has 0 saturated carbocycles. The minimum atomic E-state index is -0.557. The number of halogens is 1. The van der Waals surface area contributed by atoms with Crippen molar-refractivity contribution in [3.05, 3.63) is 53.0 Å². The van der Waals surface area contributed by atoms with Gasteiger partial charge in [0.1, 0.15) is 17.2 Å². The smallest absolute Gasteiger partial charge is 0.410 e. The van der Waals surface area contributed by atoms with Gasteiger partial charge in [-0.3, -0.25) is 4.79 Å². The number of hydrogen-bond acceptors (Lipinski definition) is 6. The van der Waals surface area contributed by atoms with Crippen molar-refractivity contribution in [2.75, 3.05) is 19.0 Å². The van der Waals surface area contributed by atoms with Crippen LogP contribution in [0.25, 0.3) is 0 Å². The summed E-state index contributed by atoms with van der Waals surface area (Å²) < 4.78 is 24.3. The van der Waals surface area contributed by atoms with Crippen molar-refractivity contribution >= 4 is 23.6 Å². The van der Waals surface area contributed by atoms with Gasteiger partial charge < -0.3 is 19.7 Å². The number of methoxy groups -OCH3 is 1. The van der Waals surface area contributed by atoms with Crippen molar-refractivity contribution in [2.45, 2.75) is 45.8 Å². The van der Waals surface area contributed by atoms with Crippen LogP contribution in [-0.4, -0.2) is 41.2 Å². The number of esters is 1. The van der Waals surface area contributed by atoms with E-state index in [1.54, 1.807) is 11.0 Å². The Labute approximate surface area is 175 Å². The van der Waals surface area contributed by atoms with Crippen LogP contribution in [0.4, 0.5) is 20.7 Å². The lowest BCUT2D eigenvalue weighted by molar-refractivity contribution is -0.139. The average Bonchev–Trinajstić information content (AvgIpc) is 2.68. The Kier molecular flexibility index (Phi) is 6.24. The lowest BCUT2D eigenvalue weighted by atomic mass is 10.1. The van der Waals surface area contributed by atoms with Gasteiger partial charge in [-0.15, -0.1) is 0 Å². The molecule has 1 aromatic heterocycles. The molecular weight excluding hydrogens is 389 g/mol. The second kappa shape index (κ2) is 8.69. The molecule has 0 unspecified atom stereocenters. The van der Waals surface area contributed by atoms with Gasteiger partial charge in [0.05, 0.1) is 25.8 Å². The zero-order valence-corrected chi connectivity index (χ0v) is 17.6. The summed E-state index contributed by atoms with van der Waals surface area (Å²) in [6.07, 6.45) is 0.204. The summed E-state index contributed by atoms with van der Waals surface area (Å²) in [6.45, 7) is 6.42. The third-order valence-electron chi connectivity index (χ3n) is 4.60. The number of ether oxygens (including phenoxy) is 2.